The van der Waals surface area contributed by atoms with E-state index in [4.69, 9.17) is 4.42 Å². The van der Waals surface area contributed by atoms with E-state index in [1.165, 1.54) is 9.80 Å². The number of halogens is 4. The summed E-state index contributed by atoms with van der Waals surface area (Å²) in [7, 11) is 3.28. The summed E-state index contributed by atoms with van der Waals surface area (Å²) in [6, 6.07) is 3.50. The molecule has 0 saturated carbocycles. The number of hydrogen-bond acceptors (Lipinski definition) is 4. The molecule has 160 valence electrons. The number of hydrogen-bond donors (Lipinski definition) is 2. The van der Waals surface area contributed by atoms with E-state index in [0.717, 1.165) is 5.76 Å². The number of nitrogens with zero attached hydrogens (tertiary/aromatic N) is 3. The number of likely N-dealkylation sites (tertiary alicyclic amines) is 1. The lowest BCUT2D eigenvalue weighted by Gasteiger charge is -2.20. The Hall–Kier alpha value is -1.50. The van der Waals surface area contributed by atoms with E-state index < -0.39 is 12.7 Å². The molecule has 1 atom stereocenters. The number of nitrogens with one attached hydrogen (secondary N) is 2. The fraction of sp³-hybridized carbons (Fsp3) is 0.647. The maximum Gasteiger partial charge on any atom is 0.401 e. The number of furan rings is 1. The van der Waals surface area contributed by atoms with Crippen molar-refractivity contribution >= 4 is 35.8 Å². The molecule has 11 heteroatoms. The van der Waals surface area contributed by atoms with Crippen molar-refractivity contribution < 1.29 is 22.4 Å². The topological polar surface area (TPSA) is 73.1 Å². The third-order valence-corrected chi connectivity index (χ3v) is 4.13. The number of guanidine groups is 1. The second-order valence-corrected chi connectivity index (χ2v) is 6.69. The van der Waals surface area contributed by atoms with Gasteiger partial charge < -0.3 is 20.0 Å². The first-order valence-corrected chi connectivity index (χ1v) is 8.79. The Morgan fingerprint density at radius 1 is 1.43 bits per heavy atom. The molecule has 28 heavy (non-hydrogen) atoms. The average molecular weight is 517 g/mol. The Bertz CT molecular complexity index is 623. The molecule has 1 aliphatic rings. The summed E-state index contributed by atoms with van der Waals surface area (Å²) in [5, 5.41) is 6.24. The van der Waals surface area contributed by atoms with Crippen molar-refractivity contribution in [1.29, 1.82) is 0 Å². The minimum Gasteiger partial charge on any atom is -0.469 e. The van der Waals surface area contributed by atoms with Crippen LogP contribution in [0.4, 0.5) is 13.2 Å². The Labute approximate surface area is 179 Å². The van der Waals surface area contributed by atoms with E-state index in [-0.39, 0.29) is 49.0 Å². The summed E-state index contributed by atoms with van der Waals surface area (Å²) in [6.07, 6.45) is -1.41. The number of aliphatic imine (C=N–C) groups is 1. The molecule has 2 rings (SSSR count). The van der Waals surface area contributed by atoms with Gasteiger partial charge in [-0.1, -0.05) is 0 Å². The van der Waals surface area contributed by atoms with Gasteiger partial charge in [0.1, 0.15) is 12.3 Å². The quantitative estimate of drug-likeness (QED) is 0.328. The highest BCUT2D eigenvalue weighted by atomic mass is 127. The van der Waals surface area contributed by atoms with Gasteiger partial charge in [0.2, 0.25) is 5.91 Å². The Kier molecular flexibility index (Phi) is 10.1. The first-order valence-electron chi connectivity index (χ1n) is 8.79. The van der Waals surface area contributed by atoms with Crippen LogP contribution in [0.25, 0.3) is 0 Å². The number of rotatable bonds is 7. The molecule has 0 radical (unpaired) electrons. The second-order valence-electron chi connectivity index (χ2n) is 6.69. The Morgan fingerprint density at radius 2 is 2.18 bits per heavy atom. The van der Waals surface area contributed by atoms with E-state index in [1.807, 2.05) is 6.07 Å². The maximum absolute atomic E-state index is 12.5. The predicted molar refractivity (Wildman–Crippen MR) is 111 cm³/mol. The van der Waals surface area contributed by atoms with Crippen LogP contribution >= 0.6 is 24.0 Å². The molecule has 1 saturated heterocycles. The lowest BCUT2D eigenvalue weighted by Crippen LogP contribution is -2.46. The number of amides is 1. The van der Waals surface area contributed by atoms with Crippen LogP contribution in [0.2, 0.25) is 0 Å². The molecule has 7 nitrogen and oxygen atoms in total. The summed E-state index contributed by atoms with van der Waals surface area (Å²) in [5.41, 5.74) is 0. The highest BCUT2D eigenvalue weighted by Gasteiger charge is 2.34. The van der Waals surface area contributed by atoms with Gasteiger partial charge in [0.25, 0.3) is 0 Å². The molecule has 0 aromatic carbocycles. The van der Waals surface area contributed by atoms with Crippen LogP contribution in [0.3, 0.4) is 0 Å². The van der Waals surface area contributed by atoms with E-state index in [9.17, 15) is 18.0 Å². The molecule has 0 bridgehead atoms. The third kappa shape index (κ3) is 9.13. The molecular formula is C17H27F3IN5O2. The molecule has 1 fully saturated rings. The smallest absolute Gasteiger partial charge is 0.401 e. The van der Waals surface area contributed by atoms with E-state index in [2.05, 4.69) is 15.6 Å². The molecule has 1 aromatic heterocycles. The van der Waals surface area contributed by atoms with Gasteiger partial charge in [0, 0.05) is 46.2 Å². The zero-order chi connectivity index (χ0) is 19.9. The van der Waals surface area contributed by atoms with Gasteiger partial charge in [-0.15, -0.1) is 24.0 Å². The van der Waals surface area contributed by atoms with Gasteiger partial charge in [-0.3, -0.25) is 9.69 Å². The molecule has 2 N–H and O–H groups in total. The van der Waals surface area contributed by atoms with Crippen LogP contribution in [-0.2, 0) is 11.2 Å². The number of likely N-dealkylation sites (N-methyl/N-ethyl adjacent to an activating group) is 1. The van der Waals surface area contributed by atoms with Crippen molar-refractivity contribution in [3.8, 4) is 0 Å². The zero-order valence-corrected chi connectivity index (χ0v) is 18.3. The highest BCUT2D eigenvalue weighted by molar-refractivity contribution is 14.0. The van der Waals surface area contributed by atoms with E-state index in [0.29, 0.717) is 31.9 Å². The van der Waals surface area contributed by atoms with Crippen molar-refractivity contribution in [2.75, 3.05) is 46.8 Å². The molecule has 1 unspecified atom stereocenters. The van der Waals surface area contributed by atoms with Gasteiger partial charge in [-0.05, 0) is 18.6 Å². The Morgan fingerprint density at radius 3 is 2.79 bits per heavy atom. The van der Waals surface area contributed by atoms with Crippen molar-refractivity contribution in [2.45, 2.75) is 25.1 Å². The van der Waals surface area contributed by atoms with Crippen LogP contribution in [0.5, 0.6) is 0 Å². The van der Waals surface area contributed by atoms with Gasteiger partial charge in [0.05, 0.1) is 12.8 Å². The number of carbonyl (C=O) groups excluding carboxylic acids is 1. The van der Waals surface area contributed by atoms with Crippen molar-refractivity contribution in [2.24, 2.45) is 4.99 Å². The monoisotopic (exact) mass is 517 g/mol. The molecule has 1 aliphatic heterocycles. The minimum absolute atomic E-state index is 0. The summed E-state index contributed by atoms with van der Waals surface area (Å²) in [4.78, 5) is 18.8. The number of carbonyl (C=O) groups is 1. The molecular weight excluding hydrogens is 490 g/mol. The SMILES string of the molecule is CN(C)C(=O)CN=C(NCCc1ccco1)NC1CCN(CC(F)(F)F)C1.I. The Balaban J connectivity index is 0.00000392. The standard InChI is InChI=1S/C17H26F3N5O2.HI/c1-24(2)15(26)10-22-16(21-7-5-14-4-3-9-27-14)23-13-6-8-25(11-13)12-17(18,19)20;/h3-4,9,13H,5-8,10-12H2,1-2H3,(H2,21,22,23);1H. The first-order chi connectivity index (χ1) is 12.7. The lowest BCUT2D eigenvalue weighted by atomic mass is 10.3. The summed E-state index contributed by atoms with van der Waals surface area (Å²) in [5.74, 6) is 1.06. The van der Waals surface area contributed by atoms with Crippen LogP contribution in [-0.4, -0.2) is 80.7 Å². The molecule has 0 spiro atoms. The summed E-state index contributed by atoms with van der Waals surface area (Å²) >= 11 is 0. The fourth-order valence-electron chi connectivity index (χ4n) is 2.74. The van der Waals surface area contributed by atoms with Gasteiger partial charge >= 0.3 is 6.18 Å². The van der Waals surface area contributed by atoms with Crippen LogP contribution < -0.4 is 10.6 Å². The van der Waals surface area contributed by atoms with Crippen molar-refractivity contribution in [3.63, 3.8) is 0 Å². The molecule has 1 amide bonds. The van der Waals surface area contributed by atoms with Crippen molar-refractivity contribution in [3.05, 3.63) is 24.2 Å². The zero-order valence-electron chi connectivity index (χ0n) is 16.0. The molecule has 1 aromatic rings. The highest BCUT2D eigenvalue weighted by Crippen LogP contribution is 2.19. The number of alkyl halides is 3. The first kappa shape index (κ1) is 24.5. The van der Waals surface area contributed by atoms with Gasteiger partial charge in [-0.25, -0.2) is 4.99 Å². The predicted octanol–water partition coefficient (Wildman–Crippen LogP) is 1.70. The molecule has 0 aliphatic carbocycles. The summed E-state index contributed by atoms with van der Waals surface area (Å²) < 4.78 is 42.9. The minimum atomic E-state index is -4.20. The largest absolute Gasteiger partial charge is 0.469 e. The van der Waals surface area contributed by atoms with Crippen molar-refractivity contribution in [1.82, 2.24) is 20.4 Å². The van der Waals surface area contributed by atoms with Crippen LogP contribution in [0.1, 0.15) is 12.2 Å². The van der Waals surface area contributed by atoms with Gasteiger partial charge in [-0.2, -0.15) is 13.2 Å². The van der Waals surface area contributed by atoms with Gasteiger partial charge in [0.15, 0.2) is 5.96 Å². The molecule has 2 heterocycles. The fourth-order valence-corrected chi connectivity index (χ4v) is 2.74. The maximum atomic E-state index is 12.5. The second kappa shape index (κ2) is 11.5. The van der Waals surface area contributed by atoms with E-state index in [1.54, 1.807) is 26.4 Å². The third-order valence-electron chi connectivity index (χ3n) is 4.13. The normalized spacial score (nSPS) is 17.9. The van der Waals surface area contributed by atoms with Crippen LogP contribution in [0, 0.1) is 0 Å². The summed E-state index contributed by atoms with van der Waals surface area (Å²) in [6.45, 7) is 0.215. The average Bonchev–Trinajstić information content (AvgIpc) is 3.22. The lowest BCUT2D eigenvalue weighted by molar-refractivity contribution is -0.143. The van der Waals surface area contributed by atoms with E-state index >= 15 is 0 Å². The van der Waals surface area contributed by atoms with Crippen LogP contribution in [0.15, 0.2) is 27.8 Å².